The number of amides is 1. The summed E-state index contributed by atoms with van der Waals surface area (Å²) in [6, 6.07) is 4.51. The van der Waals surface area contributed by atoms with Gasteiger partial charge in [-0.05, 0) is 43.2 Å². The van der Waals surface area contributed by atoms with Gasteiger partial charge in [-0.2, -0.15) is 16.4 Å². The average molecular weight is 329 g/mol. The monoisotopic (exact) mass is 329 g/mol. The van der Waals surface area contributed by atoms with Crippen molar-refractivity contribution < 1.29 is 4.79 Å². The van der Waals surface area contributed by atoms with Gasteiger partial charge in [0.15, 0.2) is 0 Å². The molecule has 0 spiro atoms. The predicted molar refractivity (Wildman–Crippen MR) is 91.6 cm³/mol. The molecule has 2 aromatic heterocycles. The first kappa shape index (κ1) is 14.9. The van der Waals surface area contributed by atoms with E-state index in [-0.39, 0.29) is 5.91 Å². The van der Waals surface area contributed by atoms with Crippen molar-refractivity contribution in [3.63, 3.8) is 0 Å². The number of thiophene rings is 1. The highest BCUT2D eigenvalue weighted by atomic mass is 32.1. The van der Waals surface area contributed by atoms with Crippen LogP contribution in [0.2, 0.25) is 0 Å². The fourth-order valence-corrected chi connectivity index (χ4v) is 4.32. The highest BCUT2D eigenvalue weighted by Crippen LogP contribution is 2.40. The van der Waals surface area contributed by atoms with Crippen LogP contribution in [0.15, 0.2) is 22.9 Å². The van der Waals surface area contributed by atoms with E-state index in [0.717, 1.165) is 24.1 Å². The number of rotatable bonds is 5. The molecule has 5 heteroatoms. The minimum Gasteiger partial charge on any atom is -0.330 e. The Hall–Kier alpha value is -1.62. The van der Waals surface area contributed by atoms with Gasteiger partial charge in [0.05, 0.1) is 17.8 Å². The number of carbonyl (C=O) groups is 1. The fourth-order valence-electron chi connectivity index (χ4n) is 3.69. The van der Waals surface area contributed by atoms with Gasteiger partial charge in [-0.15, -0.1) is 0 Å². The molecule has 0 unspecified atom stereocenters. The maximum absolute atomic E-state index is 12.9. The molecule has 0 aromatic carbocycles. The first-order valence-corrected chi connectivity index (χ1v) is 9.52. The molecular formula is C18H23N3OS. The summed E-state index contributed by atoms with van der Waals surface area (Å²) in [5.41, 5.74) is 3.18. The fraction of sp³-hybridized carbons (Fsp3) is 0.556. The van der Waals surface area contributed by atoms with Crippen LogP contribution in [0.5, 0.6) is 0 Å². The van der Waals surface area contributed by atoms with Gasteiger partial charge in [-0.1, -0.05) is 12.8 Å². The summed E-state index contributed by atoms with van der Waals surface area (Å²) >= 11 is 1.59. The molecule has 0 N–H and O–H groups in total. The maximum Gasteiger partial charge on any atom is 0.255 e. The molecule has 0 bridgehead atoms. The number of hydrogen-bond donors (Lipinski definition) is 0. The molecule has 2 aliphatic carbocycles. The van der Waals surface area contributed by atoms with E-state index >= 15 is 0 Å². The van der Waals surface area contributed by atoms with Gasteiger partial charge in [0, 0.05) is 30.1 Å². The summed E-state index contributed by atoms with van der Waals surface area (Å²) in [4.78, 5) is 15.0. The summed E-state index contributed by atoms with van der Waals surface area (Å²) in [6.07, 6.45) is 7.26. The molecule has 0 atom stereocenters. The SMILES string of the molecule is Cn1nc(CN(C(=O)c2ccsc2)C2CCCC2)cc1C1CC1. The quantitative estimate of drug-likeness (QED) is 0.833. The third-order valence-corrected chi connectivity index (χ3v) is 5.77. The summed E-state index contributed by atoms with van der Waals surface area (Å²) in [6.45, 7) is 0.639. The van der Waals surface area contributed by atoms with Crippen molar-refractivity contribution in [2.75, 3.05) is 0 Å². The van der Waals surface area contributed by atoms with Crippen LogP contribution in [0.4, 0.5) is 0 Å². The maximum atomic E-state index is 12.9. The normalized spacial score (nSPS) is 18.5. The van der Waals surface area contributed by atoms with Crippen LogP contribution in [0.3, 0.4) is 0 Å². The van der Waals surface area contributed by atoms with Gasteiger partial charge in [0.2, 0.25) is 0 Å². The van der Waals surface area contributed by atoms with Gasteiger partial charge in [-0.25, -0.2) is 0 Å². The largest absolute Gasteiger partial charge is 0.330 e. The highest BCUT2D eigenvalue weighted by molar-refractivity contribution is 7.08. The van der Waals surface area contributed by atoms with Crippen LogP contribution in [0, 0.1) is 0 Å². The van der Waals surface area contributed by atoms with E-state index in [4.69, 9.17) is 0 Å². The van der Waals surface area contributed by atoms with Crippen molar-refractivity contribution in [3.05, 3.63) is 39.8 Å². The third-order valence-electron chi connectivity index (χ3n) is 5.09. The van der Waals surface area contributed by atoms with E-state index < -0.39 is 0 Å². The lowest BCUT2D eigenvalue weighted by Gasteiger charge is -2.28. The molecule has 2 aromatic rings. The lowest BCUT2D eigenvalue weighted by atomic mass is 10.1. The van der Waals surface area contributed by atoms with E-state index in [1.165, 1.54) is 31.4 Å². The van der Waals surface area contributed by atoms with E-state index in [0.29, 0.717) is 18.5 Å². The second kappa shape index (κ2) is 6.11. The van der Waals surface area contributed by atoms with Crippen LogP contribution < -0.4 is 0 Å². The summed E-state index contributed by atoms with van der Waals surface area (Å²) in [5.74, 6) is 0.852. The van der Waals surface area contributed by atoms with Crippen molar-refractivity contribution in [3.8, 4) is 0 Å². The molecule has 23 heavy (non-hydrogen) atoms. The molecule has 0 aliphatic heterocycles. The zero-order chi connectivity index (χ0) is 15.8. The van der Waals surface area contributed by atoms with Crippen LogP contribution in [0.25, 0.3) is 0 Å². The van der Waals surface area contributed by atoms with Crippen molar-refractivity contribution in [1.82, 2.24) is 14.7 Å². The average Bonchev–Trinajstić information content (AvgIpc) is 3.01. The van der Waals surface area contributed by atoms with Crippen LogP contribution >= 0.6 is 11.3 Å². The Morgan fingerprint density at radius 1 is 1.35 bits per heavy atom. The second-order valence-electron chi connectivity index (χ2n) is 6.84. The molecule has 4 nitrogen and oxygen atoms in total. The molecule has 1 amide bonds. The van der Waals surface area contributed by atoms with Gasteiger partial charge < -0.3 is 4.90 Å². The Bertz CT molecular complexity index is 681. The lowest BCUT2D eigenvalue weighted by Crippen LogP contribution is -2.38. The molecule has 0 saturated heterocycles. The Morgan fingerprint density at radius 3 is 2.78 bits per heavy atom. The first-order valence-electron chi connectivity index (χ1n) is 8.58. The predicted octanol–water partition coefficient (Wildman–Crippen LogP) is 3.94. The molecular weight excluding hydrogens is 306 g/mol. The number of aryl methyl sites for hydroxylation is 1. The van der Waals surface area contributed by atoms with E-state index in [2.05, 4.69) is 16.1 Å². The summed E-state index contributed by atoms with van der Waals surface area (Å²) in [7, 11) is 2.03. The number of carbonyl (C=O) groups excluding carboxylic acids is 1. The van der Waals surface area contributed by atoms with Crippen molar-refractivity contribution in [2.45, 2.75) is 57.0 Å². The minimum absolute atomic E-state index is 0.164. The van der Waals surface area contributed by atoms with E-state index in [1.54, 1.807) is 11.3 Å². The van der Waals surface area contributed by atoms with E-state index in [1.807, 2.05) is 28.6 Å². The molecule has 2 heterocycles. The minimum atomic E-state index is 0.164. The zero-order valence-corrected chi connectivity index (χ0v) is 14.4. The topological polar surface area (TPSA) is 38.1 Å². The smallest absolute Gasteiger partial charge is 0.255 e. The van der Waals surface area contributed by atoms with Crippen molar-refractivity contribution in [2.24, 2.45) is 7.05 Å². The van der Waals surface area contributed by atoms with Crippen molar-refractivity contribution in [1.29, 1.82) is 0 Å². The molecule has 0 radical (unpaired) electrons. The van der Waals surface area contributed by atoms with Gasteiger partial charge >= 0.3 is 0 Å². The number of aromatic nitrogens is 2. The standard InChI is InChI=1S/C18H23N3OS/c1-20-17(13-6-7-13)10-15(19-20)11-21(16-4-2-3-5-16)18(22)14-8-9-23-12-14/h8-10,12-13,16H,2-7,11H2,1H3. The van der Waals surface area contributed by atoms with Crippen molar-refractivity contribution >= 4 is 17.2 Å². The molecule has 2 fully saturated rings. The van der Waals surface area contributed by atoms with E-state index in [9.17, 15) is 4.79 Å². The molecule has 122 valence electrons. The first-order chi connectivity index (χ1) is 11.2. The number of hydrogen-bond acceptors (Lipinski definition) is 3. The Kier molecular flexibility index (Phi) is 3.97. The molecule has 4 rings (SSSR count). The Balaban J connectivity index is 1.57. The molecule has 2 saturated carbocycles. The zero-order valence-electron chi connectivity index (χ0n) is 13.6. The lowest BCUT2D eigenvalue weighted by molar-refractivity contribution is 0.0662. The third kappa shape index (κ3) is 3.07. The Labute approximate surface area is 141 Å². The number of nitrogens with zero attached hydrogens (tertiary/aromatic N) is 3. The van der Waals surface area contributed by atoms with Gasteiger partial charge in [0.1, 0.15) is 0 Å². The summed E-state index contributed by atoms with van der Waals surface area (Å²) in [5, 5.41) is 8.61. The van der Waals surface area contributed by atoms with Gasteiger partial charge in [0.25, 0.3) is 5.91 Å². The van der Waals surface area contributed by atoms with Crippen LogP contribution in [-0.2, 0) is 13.6 Å². The van der Waals surface area contributed by atoms with Crippen LogP contribution in [0.1, 0.15) is 66.2 Å². The molecule has 2 aliphatic rings. The highest BCUT2D eigenvalue weighted by Gasteiger charge is 2.30. The van der Waals surface area contributed by atoms with Gasteiger partial charge in [-0.3, -0.25) is 9.48 Å². The summed E-state index contributed by atoms with van der Waals surface area (Å²) < 4.78 is 2.01. The Morgan fingerprint density at radius 2 is 2.13 bits per heavy atom. The second-order valence-corrected chi connectivity index (χ2v) is 7.62. The van der Waals surface area contributed by atoms with Crippen LogP contribution in [-0.4, -0.2) is 26.6 Å².